The lowest BCUT2D eigenvalue weighted by Crippen LogP contribution is -1.77. The second-order valence-corrected chi connectivity index (χ2v) is 3.46. The fourth-order valence-electron chi connectivity index (χ4n) is 1.43. The topological polar surface area (TPSA) is 20.2 Å². The minimum atomic E-state index is 0.116. The SMILES string of the molecule is C=Cc1ccc2c(Cl)c(O)ccc2c1. The second-order valence-electron chi connectivity index (χ2n) is 3.08. The summed E-state index contributed by atoms with van der Waals surface area (Å²) in [5, 5.41) is 11.7. The van der Waals surface area contributed by atoms with Crippen molar-refractivity contribution in [3.8, 4) is 5.75 Å². The number of phenolic OH excluding ortho intramolecular Hbond substituents is 1. The number of halogens is 1. The van der Waals surface area contributed by atoms with E-state index in [0.717, 1.165) is 16.3 Å². The van der Waals surface area contributed by atoms with Gasteiger partial charge >= 0.3 is 0 Å². The van der Waals surface area contributed by atoms with E-state index in [1.54, 1.807) is 12.1 Å². The first-order chi connectivity index (χ1) is 6.72. The summed E-state index contributed by atoms with van der Waals surface area (Å²) in [4.78, 5) is 0. The summed E-state index contributed by atoms with van der Waals surface area (Å²) in [6.45, 7) is 3.70. The van der Waals surface area contributed by atoms with Crippen molar-refractivity contribution in [1.29, 1.82) is 0 Å². The molecule has 2 rings (SSSR count). The van der Waals surface area contributed by atoms with Gasteiger partial charge in [-0.15, -0.1) is 0 Å². The quantitative estimate of drug-likeness (QED) is 0.748. The molecule has 0 bridgehead atoms. The number of hydrogen-bond acceptors (Lipinski definition) is 1. The van der Waals surface area contributed by atoms with Gasteiger partial charge in [-0.2, -0.15) is 0 Å². The van der Waals surface area contributed by atoms with Crippen LogP contribution in [0.2, 0.25) is 5.02 Å². The highest BCUT2D eigenvalue weighted by Gasteiger charge is 2.03. The molecule has 0 unspecified atom stereocenters. The summed E-state index contributed by atoms with van der Waals surface area (Å²) in [6, 6.07) is 9.21. The van der Waals surface area contributed by atoms with Gasteiger partial charge < -0.3 is 5.11 Å². The largest absolute Gasteiger partial charge is 0.506 e. The van der Waals surface area contributed by atoms with Crippen molar-refractivity contribution in [3.63, 3.8) is 0 Å². The van der Waals surface area contributed by atoms with Gasteiger partial charge in [0.2, 0.25) is 0 Å². The Hall–Kier alpha value is -1.47. The fraction of sp³-hybridized carbons (Fsp3) is 0. The molecule has 14 heavy (non-hydrogen) atoms. The zero-order valence-corrected chi connectivity index (χ0v) is 8.25. The zero-order valence-electron chi connectivity index (χ0n) is 7.50. The number of hydrogen-bond donors (Lipinski definition) is 1. The Balaban J connectivity index is 2.81. The van der Waals surface area contributed by atoms with Gasteiger partial charge in [-0.25, -0.2) is 0 Å². The van der Waals surface area contributed by atoms with Crippen LogP contribution < -0.4 is 0 Å². The van der Waals surface area contributed by atoms with Crippen LogP contribution in [-0.4, -0.2) is 5.11 Å². The third-order valence-electron chi connectivity index (χ3n) is 2.19. The average Bonchev–Trinajstić information content (AvgIpc) is 2.23. The van der Waals surface area contributed by atoms with Gasteiger partial charge in [0, 0.05) is 5.39 Å². The Morgan fingerprint density at radius 2 is 2.00 bits per heavy atom. The van der Waals surface area contributed by atoms with Crippen molar-refractivity contribution in [1.82, 2.24) is 0 Å². The van der Waals surface area contributed by atoms with Gasteiger partial charge in [-0.1, -0.05) is 42.5 Å². The number of benzene rings is 2. The molecule has 0 amide bonds. The fourth-order valence-corrected chi connectivity index (χ4v) is 1.66. The van der Waals surface area contributed by atoms with E-state index in [9.17, 15) is 5.11 Å². The molecule has 1 N–H and O–H groups in total. The molecule has 0 saturated heterocycles. The van der Waals surface area contributed by atoms with Crippen molar-refractivity contribution in [2.45, 2.75) is 0 Å². The number of aromatic hydroxyl groups is 1. The number of rotatable bonds is 1. The molecule has 0 aromatic heterocycles. The predicted octanol–water partition coefficient (Wildman–Crippen LogP) is 3.84. The molecule has 0 aliphatic carbocycles. The van der Waals surface area contributed by atoms with E-state index in [1.165, 1.54) is 0 Å². The monoisotopic (exact) mass is 204 g/mol. The molecular formula is C12H9ClO. The molecule has 2 heteroatoms. The van der Waals surface area contributed by atoms with Crippen LogP contribution in [0, 0.1) is 0 Å². The minimum absolute atomic E-state index is 0.116. The summed E-state index contributed by atoms with van der Waals surface area (Å²) in [6.07, 6.45) is 1.78. The smallest absolute Gasteiger partial charge is 0.134 e. The first-order valence-electron chi connectivity index (χ1n) is 4.26. The molecule has 0 aliphatic rings. The van der Waals surface area contributed by atoms with Gasteiger partial charge in [0.1, 0.15) is 5.75 Å². The Labute approximate surface area is 87.3 Å². The number of fused-ring (bicyclic) bond motifs is 1. The Bertz CT molecular complexity index is 503. The maximum absolute atomic E-state index is 9.39. The molecule has 70 valence electrons. The summed E-state index contributed by atoms with van der Waals surface area (Å²) < 4.78 is 0. The van der Waals surface area contributed by atoms with E-state index >= 15 is 0 Å². The van der Waals surface area contributed by atoms with Gasteiger partial charge in [0.15, 0.2) is 0 Å². The molecular weight excluding hydrogens is 196 g/mol. The van der Waals surface area contributed by atoms with E-state index < -0.39 is 0 Å². The maximum atomic E-state index is 9.39. The van der Waals surface area contributed by atoms with E-state index in [4.69, 9.17) is 11.6 Å². The minimum Gasteiger partial charge on any atom is -0.506 e. The lowest BCUT2D eigenvalue weighted by molar-refractivity contribution is 0.476. The van der Waals surface area contributed by atoms with Gasteiger partial charge in [-0.05, 0) is 23.1 Å². The van der Waals surface area contributed by atoms with E-state index in [2.05, 4.69) is 6.58 Å². The van der Waals surface area contributed by atoms with E-state index in [1.807, 2.05) is 24.3 Å². The summed E-state index contributed by atoms with van der Waals surface area (Å²) >= 11 is 5.95. The highest BCUT2D eigenvalue weighted by atomic mass is 35.5. The lowest BCUT2D eigenvalue weighted by Gasteiger charge is -2.03. The highest BCUT2D eigenvalue weighted by Crippen LogP contribution is 2.32. The summed E-state index contributed by atoms with van der Waals surface area (Å²) in [5.41, 5.74) is 1.04. The van der Waals surface area contributed by atoms with Crippen LogP contribution in [0.3, 0.4) is 0 Å². The second kappa shape index (κ2) is 3.35. The normalized spacial score (nSPS) is 10.4. The summed E-state index contributed by atoms with van der Waals surface area (Å²) in [7, 11) is 0. The van der Waals surface area contributed by atoms with Crippen molar-refractivity contribution in [3.05, 3.63) is 47.5 Å². The van der Waals surface area contributed by atoms with Crippen LogP contribution in [0.15, 0.2) is 36.9 Å². The molecule has 0 atom stereocenters. The third kappa shape index (κ3) is 1.36. The molecule has 0 aliphatic heterocycles. The van der Waals surface area contributed by atoms with E-state index in [0.29, 0.717) is 5.02 Å². The highest BCUT2D eigenvalue weighted by molar-refractivity contribution is 6.37. The molecule has 0 heterocycles. The molecule has 0 spiro atoms. The van der Waals surface area contributed by atoms with Gasteiger partial charge in [-0.3, -0.25) is 0 Å². The molecule has 2 aromatic carbocycles. The zero-order chi connectivity index (χ0) is 10.1. The van der Waals surface area contributed by atoms with Crippen molar-refractivity contribution < 1.29 is 5.11 Å². The molecule has 0 fully saturated rings. The molecule has 2 aromatic rings. The van der Waals surface area contributed by atoms with Crippen LogP contribution in [0.4, 0.5) is 0 Å². The van der Waals surface area contributed by atoms with Crippen LogP contribution in [0.25, 0.3) is 16.8 Å². The third-order valence-corrected chi connectivity index (χ3v) is 2.59. The van der Waals surface area contributed by atoms with E-state index in [-0.39, 0.29) is 5.75 Å². The predicted molar refractivity (Wildman–Crippen MR) is 60.7 cm³/mol. The van der Waals surface area contributed by atoms with Crippen molar-refractivity contribution in [2.75, 3.05) is 0 Å². The first kappa shape index (κ1) is 9.10. The van der Waals surface area contributed by atoms with Gasteiger partial charge in [0.25, 0.3) is 0 Å². The Morgan fingerprint density at radius 1 is 1.21 bits per heavy atom. The molecule has 0 radical (unpaired) electrons. The molecule has 1 nitrogen and oxygen atoms in total. The van der Waals surface area contributed by atoms with Crippen LogP contribution in [0.1, 0.15) is 5.56 Å². The Morgan fingerprint density at radius 3 is 2.71 bits per heavy atom. The maximum Gasteiger partial charge on any atom is 0.134 e. The van der Waals surface area contributed by atoms with Gasteiger partial charge in [0.05, 0.1) is 5.02 Å². The average molecular weight is 205 g/mol. The van der Waals surface area contributed by atoms with Crippen LogP contribution in [-0.2, 0) is 0 Å². The van der Waals surface area contributed by atoms with Crippen LogP contribution >= 0.6 is 11.6 Å². The lowest BCUT2D eigenvalue weighted by atomic mass is 10.1. The summed E-state index contributed by atoms with van der Waals surface area (Å²) in [5.74, 6) is 0.116. The van der Waals surface area contributed by atoms with Crippen molar-refractivity contribution in [2.24, 2.45) is 0 Å². The molecule has 0 saturated carbocycles. The van der Waals surface area contributed by atoms with Crippen LogP contribution in [0.5, 0.6) is 5.75 Å². The Kier molecular flexibility index (Phi) is 2.18. The number of phenols is 1. The standard InChI is InChI=1S/C12H9ClO/c1-2-8-3-5-10-9(7-8)4-6-11(14)12(10)13/h2-7,14H,1H2. The van der Waals surface area contributed by atoms with Crippen molar-refractivity contribution >= 4 is 28.4 Å². The first-order valence-corrected chi connectivity index (χ1v) is 4.64.